The number of halogens is 1. The average Bonchev–Trinajstić information content (AvgIpc) is 3.33. The highest BCUT2D eigenvalue weighted by Crippen LogP contribution is 2.27. The molecule has 1 saturated carbocycles. The average molecular weight is 287 g/mol. The van der Waals surface area contributed by atoms with Crippen LogP contribution in [0.5, 0.6) is 0 Å². The van der Waals surface area contributed by atoms with Crippen molar-refractivity contribution in [2.75, 3.05) is 32.7 Å². The van der Waals surface area contributed by atoms with Gasteiger partial charge in [0, 0.05) is 49.9 Å². The summed E-state index contributed by atoms with van der Waals surface area (Å²) < 4.78 is 14.1. The molecular weight excluding hydrogens is 265 g/mol. The van der Waals surface area contributed by atoms with Crippen molar-refractivity contribution < 1.29 is 4.39 Å². The van der Waals surface area contributed by atoms with Crippen LogP contribution in [0.1, 0.15) is 24.0 Å². The van der Waals surface area contributed by atoms with E-state index in [9.17, 15) is 4.39 Å². The van der Waals surface area contributed by atoms with E-state index in [0.717, 1.165) is 37.8 Å². The molecule has 1 saturated heterocycles. The van der Waals surface area contributed by atoms with Crippen LogP contribution in [0.15, 0.2) is 18.2 Å². The Labute approximate surface area is 125 Å². The molecule has 1 aliphatic heterocycles. The summed E-state index contributed by atoms with van der Waals surface area (Å²) in [5, 5.41) is 0. The number of hydrogen-bond acceptors (Lipinski definition) is 3. The normalized spacial score (nSPS) is 20.1. The van der Waals surface area contributed by atoms with Gasteiger partial charge in [0.05, 0.1) is 6.54 Å². The van der Waals surface area contributed by atoms with E-state index in [2.05, 4.69) is 21.6 Å². The van der Waals surface area contributed by atoms with Crippen LogP contribution < -0.4 is 5.73 Å². The summed E-state index contributed by atoms with van der Waals surface area (Å²) in [5.74, 6) is 5.45. The van der Waals surface area contributed by atoms with E-state index in [1.54, 1.807) is 0 Å². The Hall–Kier alpha value is -1.41. The highest BCUT2D eigenvalue weighted by Gasteiger charge is 2.31. The maximum absolute atomic E-state index is 14.1. The SMILES string of the molecule is NCC#Cc1ccc(CN2CCN(C3CC3)CC2)c(F)c1. The third-order valence-corrected chi connectivity index (χ3v) is 4.25. The molecule has 4 heteroatoms. The van der Waals surface area contributed by atoms with Crippen LogP contribution in [0.2, 0.25) is 0 Å². The molecule has 0 bridgehead atoms. The second-order valence-electron chi connectivity index (χ2n) is 5.86. The molecule has 2 aliphatic rings. The monoisotopic (exact) mass is 287 g/mol. The molecule has 3 rings (SSSR count). The number of benzene rings is 1. The lowest BCUT2D eigenvalue weighted by Gasteiger charge is -2.34. The van der Waals surface area contributed by atoms with Crippen LogP contribution in [0.25, 0.3) is 0 Å². The Morgan fingerprint density at radius 3 is 2.57 bits per heavy atom. The highest BCUT2D eigenvalue weighted by atomic mass is 19.1. The lowest BCUT2D eigenvalue weighted by Crippen LogP contribution is -2.46. The van der Waals surface area contributed by atoms with Gasteiger partial charge in [-0.2, -0.15) is 0 Å². The summed E-state index contributed by atoms with van der Waals surface area (Å²) in [6, 6.07) is 6.08. The molecule has 0 unspecified atom stereocenters. The van der Waals surface area contributed by atoms with Gasteiger partial charge in [-0.05, 0) is 25.0 Å². The third-order valence-electron chi connectivity index (χ3n) is 4.25. The van der Waals surface area contributed by atoms with E-state index in [4.69, 9.17) is 5.73 Å². The molecule has 21 heavy (non-hydrogen) atoms. The van der Waals surface area contributed by atoms with Crippen molar-refractivity contribution in [3.63, 3.8) is 0 Å². The second kappa shape index (κ2) is 6.57. The van der Waals surface area contributed by atoms with Crippen molar-refractivity contribution in [3.8, 4) is 11.8 Å². The van der Waals surface area contributed by atoms with Crippen LogP contribution in [0, 0.1) is 17.7 Å². The van der Waals surface area contributed by atoms with Crippen molar-refractivity contribution in [1.82, 2.24) is 9.80 Å². The van der Waals surface area contributed by atoms with Crippen molar-refractivity contribution in [1.29, 1.82) is 0 Å². The summed E-state index contributed by atoms with van der Waals surface area (Å²) in [4.78, 5) is 4.90. The van der Waals surface area contributed by atoms with E-state index in [-0.39, 0.29) is 5.82 Å². The standard InChI is InChI=1S/C17H22FN3/c18-17-12-14(2-1-7-19)3-4-15(17)13-20-8-10-21(11-9-20)16-5-6-16/h3-4,12,16H,5-11,13,19H2. The Morgan fingerprint density at radius 1 is 1.19 bits per heavy atom. The summed E-state index contributed by atoms with van der Waals surface area (Å²) in [7, 11) is 0. The minimum absolute atomic E-state index is 0.163. The Balaban J connectivity index is 1.57. The van der Waals surface area contributed by atoms with E-state index < -0.39 is 0 Å². The van der Waals surface area contributed by atoms with Gasteiger partial charge in [-0.3, -0.25) is 9.80 Å². The number of nitrogens with two attached hydrogens (primary N) is 1. The van der Waals surface area contributed by atoms with Crippen molar-refractivity contribution >= 4 is 0 Å². The third kappa shape index (κ3) is 3.82. The molecule has 0 radical (unpaired) electrons. The van der Waals surface area contributed by atoms with Crippen LogP contribution >= 0.6 is 0 Å². The Kier molecular flexibility index (Phi) is 4.54. The van der Waals surface area contributed by atoms with Gasteiger partial charge >= 0.3 is 0 Å². The fourth-order valence-corrected chi connectivity index (χ4v) is 2.87. The molecule has 1 aromatic carbocycles. The zero-order valence-corrected chi connectivity index (χ0v) is 12.3. The van der Waals surface area contributed by atoms with Gasteiger partial charge in [0.1, 0.15) is 5.82 Å². The molecule has 2 N–H and O–H groups in total. The van der Waals surface area contributed by atoms with Gasteiger partial charge in [-0.1, -0.05) is 17.9 Å². The minimum Gasteiger partial charge on any atom is -0.320 e. The summed E-state index contributed by atoms with van der Waals surface area (Å²) in [5.41, 5.74) is 6.78. The lowest BCUT2D eigenvalue weighted by molar-refractivity contribution is 0.120. The molecule has 0 atom stereocenters. The molecule has 1 aliphatic carbocycles. The molecule has 2 fully saturated rings. The smallest absolute Gasteiger partial charge is 0.128 e. The summed E-state index contributed by atoms with van der Waals surface area (Å²) in [6.45, 7) is 5.29. The first kappa shape index (κ1) is 14.5. The fourth-order valence-electron chi connectivity index (χ4n) is 2.87. The van der Waals surface area contributed by atoms with E-state index in [1.165, 1.54) is 18.9 Å². The molecule has 0 aromatic heterocycles. The van der Waals surface area contributed by atoms with Crippen molar-refractivity contribution in [2.24, 2.45) is 5.73 Å². The number of nitrogens with zero attached hydrogens (tertiary/aromatic N) is 2. The van der Waals surface area contributed by atoms with Gasteiger partial charge in [-0.25, -0.2) is 4.39 Å². The maximum Gasteiger partial charge on any atom is 0.128 e. The number of piperazine rings is 1. The number of rotatable bonds is 3. The minimum atomic E-state index is -0.163. The van der Waals surface area contributed by atoms with Crippen LogP contribution in [-0.4, -0.2) is 48.6 Å². The van der Waals surface area contributed by atoms with Gasteiger partial charge in [0.2, 0.25) is 0 Å². The summed E-state index contributed by atoms with van der Waals surface area (Å²) >= 11 is 0. The Bertz CT molecular complexity index is 549. The van der Waals surface area contributed by atoms with Gasteiger partial charge < -0.3 is 5.73 Å². The molecule has 0 amide bonds. The summed E-state index contributed by atoms with van der Waals surface area (Å²) in [6.07, 6.45) is 2.72. The van der Waals surface area contributed by atoms with E-state index >= 15 is 0 Å². The Morgan fingerprint density at radius 2 is 1.95 bits per heavy atom. The van der Waals surface area contributed by atoms with Gasteiger partial charge in [0.15, 0.2) is 0 Å². The lowest BCUT2D eigenvalue weighted by atomic mass is 10.1. The van der Waals surface area contributed by atoms with Gasteiger partial charge in [0.25, 0.3) is 0 Å². The largest absolute Gasteiger partial charge is 0.320 e. The quantitative estimate of drug-likeness (QED) is 0.853. The molecule has 1 aromatic rings. The second-order valence-corrected chi connectivity index (χ2v) is 5.86. The molecule has 1 heterocycles. The van der Waals surface area contributed by atoms with Crippen LogP contribution in [-0.2, 0) is 6.54 Å². The van der Waals surface area contributed by atoms with Crippen molar-refractivity contribution in [2.45, 2.75) is 25.4 Å². The highest BCUT2D eigenvalue weighted by molar-refractivity contribution is 5.37. The zero-order valence-electron chi connectivity index (χ0n) is 12.3. The first-order chi connectivity index (χ1) is 10.3. The van der Waals surface area contributed by atoms with E-state index in [1.807, 2.05) is 12.1 Å². The van der Waals surface area contributed by atoms with Crippen LogP contribution in [0.3, 0.4) is 0 Å². The van der Waals surface area contributed by atoms with E-state index in [0.29, 0.717) is 18.7 Å². The molecular formula is C17H22FN3. The molecule has 3 nitrogen and oxygen atoms in total. The molecule has 112 valence electrons. The van der Waals surface area contributed by atoms with Crippen molar-refractivity contribution in [3.05, 3.63) is 35.1 Å². The zero-order chi connectivity index (χ0) is 14.7. The first-order valence-corrected chi connectivity index (χ1v) is 7.70. The molecule has 0 spiro atoms. The van der Waals surface area contributed by atoms with Crippen LogP contribution in [0.4, 0.5) is 4.39 Å². The topological polar surface area (TPSA) is 32.5 Å². The first-order valence-electron chi connectivity index (χ1n) is 7.70. The predicted octanol–water partition coefficient (Wildman–Crippen LogP) is 1.42. The van der Waals surface area contributed by atoms with Gasteiger partial charge in [-0.15, -0.1) is 0 Å². The maximum atomic E-state index is 14.1. The fraction of sp³-hybridized carbons (Fsp3) is 0.529. The number of hydrogen-bond donors (Lipinski definition) is 1. The predicted molar refractivity (Wildman–Crippen MR) is 82.2 cm³/mol.